The van der Waals surface area contributed by atoms with Crippen LogP contribution >= 0.6 is 0 Å². The number of carbonyl (C=O) groups is 2. The molecule has 0 saturated carbocycles. The number of carbonyl (C=O) groups excluding carboxylic acids is 2. The maximum atomic E-state index is 13.1. The minimum atomic E-state index is -0.917. The van der Waals surface area contributed by atoms with E-state index in [0.717, 1.165) is 38.0 Å². The molecule has 156 valence electrons. The van der Waals surface area contributed by atoms with Gasteiger partial charge in [0.15, 0.2) is 6.10 Å². The van der Waals surface area contributed by atoms with Crippen LogP contribution in [0.4, 0.5) is 5.69 Å². The zero-order chi connectivity index (χ0) is 21.2. The minimum Gasteiger partial charge on any atom is -0.507 e. The lowest BCUT2D eigenvalue weighted by atomic mass is 9.99. The van der Waals surface area contributed by atoms with Gasteiger partial charge in [-0.15, -0.1) is 0 Å². The highest BCUT2D eigenvalue weighted by atomic mass is 16.5. The van der Waals surface area contributed by atoms with Crippen molar-refractivity contribution in [2.24, 2.45) is 0 Å². The number of anilines is 1. The highest BCUT2D eigenvalue weighted by Gasteiger charge is 2.27. The Morgan fingerprint density at radius 3 is 2.28 bits per heavy atom. The summed E-state index contributed by atoms with van der Waals surface area (Å²) < 4.78 is 5.56. The molecule has 29 heavy (non-hydrogen) atoms. The Morgan fingerprint density at radius 1 is 1.00 bits per heavy atom. The summed E-state index contributed by atoms with van der Waals surface area (Å²) in [4.78, 5) is 27.7. The third-order valence-electron chi connectivity index (χ3n) is 5.00. The molecule has 2 aromatic rings. The van der Waals surface area contributed by atoms with E-state index in [4.69, 9.17) is 4.74 Å². The third-order valence-corrected chi connectivity index (χ3v) is 5.00. The molecule has 1 unspecified atom stereocenters. The molecule has 0 saturated heterocycles. The van der Waals surface area contributed by atoms with E-state index in [2.05, 4.69) is 11.8 Å². The fourth-order valence-corrected chi connectivity index (χ4v) is 3.28. The van der Waals surface area contributed by atoms with Gasteiger partial charge in [0.25, 0.3) is 0 Å². The smallest absolute Gasteiger partial charge is 0.338 e. The molecular weight excluding hydrogens is 366 g/mol. The molecule has 2 aromatic carbocycles. The Morgan fingerprint density at radius 2 is 1.69 bits per heavy atom. The number of hydrogen-bond acceptors (Lipinski definition) is 5. The van der Waals surface area contributed by atoms with Crippen LogP contribution in [0, 0.1) is 0 Å². The molecule has 0 bridgehead atoms. The minimum absolute atomic E-state index is 0.0874. The van der Waals surface area contributed by atoms with Crippen LogP contribution in [0.3, 0.4) is 0 Å². The lowest BCUT2D eigenvalue weighted by Gasteiger charge is -2.22. The first-order valence-electron chi connectivity index (χ1n) is 10.4. The van der Waals surface area contributed by atoms with Crippen molar-refractivity contribution in [1.29, 1.82) is 0 Å². The topological polar surface area (TPSA) is 66.8 Å². The van der Waals surface area contributed by atoms with E-state index in [9.17, 15) is 14.7 Å². The van der Waals surface area contributed by atoms with Gasteiger partial charge in [0.2, 0.25) is 5.78 Å². The van der Waals surface area contributed by atoms with Gasteiger partial charge in [-0.1, -0.05) is 38.0 Å². The van der Waals surface area contributed by atoms with Gasteiger partial charge in [0.05, 0.1) is 11.1 Å². The van der Waals surface area contributed by atoms with E-state index in [1.165, 1.54) is 0 Å². The Labute approximate surface area is 173 Å². The maximum Gasteiger partial charge on any atom is 0.338 e. The Balaban J connectivity index is 2.23. The highest BCUT2D eigenvalue weighted by molar-refractivity contribution is 6.03. The van der Waals surface area contributed by atoms with Crippen LogP contribution in [0.1, 0.15) is 67.2 Å². The number of phenols is 1. The molecule has 0 radical (unpaired) electrons. The monoisotopic (exact) mass is 397 g/mol. The van der Waals surface area contributed by atoms with Crippen molar-refractivity contribution in [3.8, 4) is 5.75 Å². The van der Waals surface area contributed by atoms with Gasteiger partial charge in [-0.2, -0.15) is 0 Å². The molecule has 0 fully saturated rings. The van der Waals surface area contributed by atoms with Crippen molar-refractivity contribution >= 4 is 17.4 Å². The molecular formula is C24H31NO4. The second kappa shape index (κ2) is 11.2. The number of ketones is 1. The zero-order valence-corrected chi connectivity index (χ0v) is 17.6. The van der Waals surface area contributed by atoms with Gasteiger partial charge in [0, 0.05) is 24.8 Å². The first kappa shape index (κ1) is 22.5. The molecule has 2 rings (SSSR count). The van der Waals surface area contributed by atoms with E-state index >= 15 is 0 Å². The SMILES string of the molecule is CCCCCC(OC(=O)c1ccccc1)C(=O)c1ccc(N(CC)CC)cc1O. The number of ether oxygens (including phenoxy) is 1. The number of benzene rings is 2. The first-order chi connectivity index (χ1) is 14.0. The van der Waals surface area contributed by atoms with Crippen molar-refractivity contribution in [3.63, 3.8) is 0 Å². The number of esters is 1. The molecule has 0 aliphatic rings. The summed E-state index contributed by atoms with van der Waals surface area (Å²) >= 11 is 0. The van der Waals surface area contributed by atoms with Crippen molar-refractivity contribution in [2.45, 2.75) is 52.6 Å². The number of phenolic OH excluding ortho intramolecular Hbond substituents is 1. The number of Topliss-reactive ketones (excluding diaryl/α,β-unsaturated/α-hetero) is 1. The van der Waals surface area contributed by atoms with Crippen LogP contribution < -0.4 is 4.90 Å². The fourth-order valence-electron chi connectivity index (χ4n) is 3.28. The van der Waals surface area contributed by atoms with E-state index in [0.29, 0.717) is 12.0 Å². The van der Waals surface area contributed by atoms with Crippen molar-refractivity contribution < 1.29 is 19.4 Å². The standard InChI is InChI=1S/C24H31NO4/c1-4-7-9-14-22(29-24(28)18-12-10-8-11-13-18)23(27)20-16-15-19(17-21(20)26)25(5-2)6-3/h8,10-13,15-17,22,26H,4-7,9,14H2,1-3H3. The van der Waals surface area contributed by atoms with E-state index in [1.54, 1.807) is 36.4 Å². The third kappa shape index (κ3) is 6.08. The second-order valence-corrected chi connectivity index (χ2v) is 6.99. The molecule has 0 heterocycles. The average molecular weight is 398 g/mol. The predicted molar refractivity (Wildman–Crippen MR) is 116 cm³/mol. The summed E-state index contributed by atoms with van der Waals surface area (Å²) in [5.74, 6) is -0.982. The van der Waals surface area contributed by atoms with E-state index in [1.807, 2.05) is 26.0 Å². The van der Waals surface area contributed by atoms with Gasteiger partial charge in [-0.25, -0.2) is 4.79 Å². The van der Waals surface area contributed by atoms with Crippen LogP contribution in [0.2, 0.25) is 0 Å². The number of nitrogens with zero attached hydrogens (tertiary/aromatic N) is 1. The van der Waals surface area contributed by atoms with Crippen LogP contribution in [0.5, 0.6) is 5.75 Å². The fraction of sp³-hybridized carbons (Fsp3) is 0.417. The molecule has 0 spiro atoms. The maximum absolute atomic E-state index is 13.1. The number of hydrogen-bond donors (Lipinski definition) is 1. The highest BCUT2D eigenvalue weighted by Crippen LogP contribution is 2.27. The largest absolute Gasteiger partial charge is 0.507 e. The van der Waals surface area contributed by atoms with Crippen LogP contribution in [-0.2, 0) is 4.74 Å². The van der Waals surface area contributed by atoms with E-state index in [-0.39, 0.29) is 17.1 Å². The summed E-state index contributed by atoms with van der Waals surface area (Å²) in [5, 5.41) is 10.5. The summed E-state index contributed by atoms with van der Waals surface area (Å²) in [6, 6.07) is 13.7. The summed E-state index contributed by atoms with van der Waals surface area (Å²) in [7, 11) is 0. The predicted octanol–water partition coefficient (Wildman–Crippen LogP) is 5.23. The van der Waals surface area contributed by atoms with Crippen molar-refractivity contribution in [1.82, 2.24) is 0 Å². The summed E-state index contributed by atoms with van der Waals surface area (Å²) in [6.07, 6.45) is 2.23. The lowest BCUT2D eigenvalue weighted by Crippen LogP contribution is -2.28. The van der Waals surface area contributed by atoms with Gasteiger partial charge < -0.3 is 14.7 Å². The molecule has 0 aliphatic carbocycles. The Hall–Kier alpha value is -2.82. The lowest BCUT2D eigenvalue weighted by molar-refractivity contribution is 0.0261. The average Bonchev–Trinajstić information content (AvgIpc) is 2.74. The number of unbranched alkanes of at least 4 members (excludes halogenated alkanes) is 2. The zero-order valence-electron chi connectivity index (χ0n) is 17.6. The normalized spacial score (nSPS) is 11.7. The molecule has 5 heteroatoms. The van der Waals surface area contributed by atoms with Gasteiger partial charge in [-0.05, 0) is 51.0 Å². The molecule has 0 aliphatic heterocycles. The first-order valence-corrected chi connectivity index (χ1v) is 10.4. The quantitative estimate of drug-likeness (QED) is 0.320. The number of aromatic hydroxyl groups is 1. The molecule has 5 nitrogen and oxygen atoms in total. The molecule has 1 N–H and O–H groups in total. The Kier molecular flexibility index (Phi) is 8.71. The van der Waals surface area contributed by atoms with Crippen molar-refractivity contribution in [2.75, 3.05) is 18.0 Å². The van der Waals surface area contributed by atoms with E-state index < -0.39 is 12.1 Å². The van der Waals surface area contributed by atoms with Gasteiger partial charge >= 0.3 is 5.97 Å². The van der Waals surface area contributed by atoms with Gasteiger partial charge in [0.1, 0.15) is 5.75 Å². The van der Waals surface area contributed by atoms with Crippen LogP contribution in [-0.4, -0.2) is 36.1 Å². The van der Waals surface area contributed by atoms with Gasteiger partial charge in [-0.3, -0.25) is 4.79 Å². The van der Waals surface area contributed by atoms with Crippen molar-refractivity contribution in [3.05, 3.63) is 59.7 Å². The summed E-state index contributed by atoms with van der Waals surface area (Å²) in [6.45, 7) is 7.75. The number of rotatable bonds is 11. The Bertz CT molecular complexity index is 800. The summed E-state index contributed by atoms with van der Waals surface area (Å²) in [5.41, 5.74) is 1.44. The molecule has 0 aromatic heterocycles. The van der Waals surface area contributed by atoms with Crippen LogP contribution in [0.15, 0.2) is 48.5 Å². The van der Waals surface area contributed by atoms with Crippen LogP contribution in [0.25, 0.3) is 0 Å². The molecule has 0 amide bonds. The second-order valence-electron chi connectivity index (χ2n) is 6.99. The molecule has 1 atom stereocenters.